The minimum Gasteiger partial charge on any atom is -0.345 e. The van der Waals surface area contributed by atoms with Gasteiger partial charge in [-0.05, 0) is 0 Å². The van der Waals surface area contributed by atoms with E-state index in [0.29, 0.717) is 6.54 Å². The minimum atomic E-state index is -0.105. The second-order valence-corrected chi connectivity index (χ2v) is 2.34. The Labute approximate surface area is 64.9 Å². The molecule has 0 radical (unpaired) electrons. The quantitative estimate of drug-likeness (QED) is 0.526. The summed E-state index contributed by atoms with van der Waals surface area (Å²) in [5.74, 6) is -0.157. The lowest BCUT2D eigenvalue weighted by molar-refractivity contribution is -0.139. The average Bonchev–Trinajstić information content (AvgIpc) is 1.98. The summed E-state index contributed by atoms with van der Waals surface area (Å²) in [4.78, 5) is 23.2. The lowest BCUT2D eigenvalue weighted by Crippen LogP contribution is -2.51. The van der Waals surface area contributed by atoms with Gasteiger partial charge in [0.25, 0.3) is 0 Å². The van der Waals surface area contributed by atoms with Crippen LogP contribution in [0.25, 0.3) is 0 Å². The summed E-state index contributed by atoms with van der Waals surface area (Å²) < 4.78 is 0. The summed E-state index contributed by atoms with van der Waals surface area (Å²) in [5, 5.41) is 2.46. The zero-order valence-electron chi connectivity index (χ0n) is 6.17. The maximum atomic E-state index is 11.0. The Morgan fingerprint density at radius 3 is 3.00 bits per heavy atom. The van der Waals surface area contributed by atoms with Crippen molar-refractivity contribution in [1.82, 2.24) is 10.2 Å². The van der Waals surface area contributed by atoms with Crippen LogP contribution >= 0.6 is 0 Å². The molecule has 0 bridgehead atoms. The Hall–Kier alpha value is -1.32. The van der Waals surface area contributed by atoms with Crippen LogP contribution in [0.15, 0.2) is 12.7 Å². The highest BCUT2D eigenvalue weighted by Crippen LogP contribution is 1.94. The molecule has 1 fully saturated rings. The van der Waals surface area contributed by atoms with Gasteiger partial charge in [0.05, 0.1) is 13.1 Å². The summed E-state index contributed by atoms with van der Waals surface area (Å²) >= 11 is 0. The van der Waals surface area contributed by atoms with Gasteiger partial charge in [-0.15, -0.1) is 6.58 Å². The smallest absolute Gasteiger partial charge is 0.242 e. The maximum Gasteiger partial charge on any atom is 0.242 e. The van der Waals surface area contributed by atoms with Gasteiger partial charge in [-0.2, -0.15) is 0 Å². The van der Waals surface area contributed by atoms with Crippen molar-refractivity contribution in [3.63, 3.8) is 0 Å². The van der Waals surface area contributed by atoms with Gasteiger partial charge in [0.15, 0.2) is 0 Å². The zero-order chi connectivity index (χ0) is 8.27. The molecule has 1 heterocycles. The van der Waals surface area contributed by atoms with E-state index in [1.807, 2.05) is 0 Å². The van der Waals surface area contributed by atoms with Crippen molar-refractivity contribution in [1.29, 1.82) is 0 Å². The molecule has 1 saturated heterocycles. The molecule has 0 aromatic carbocycles. The topological polar surface area (TPSA) is 49.4 Å². The van der Waals surface area contributed by atoms with E-state index in [0.717, 1.165) is 0 Å². The fraction of sp³-hybridized carbons (Fsp3) is 0.429. The van der Waals surface area contributed by atoms with Gasteiger partial charge < -0.3 is 10.2 Å². The molecule has 11 heavy (non-hydrogen) atoms. The molecule has 1 aliphatic rings. The number of amides is 2. The van der Waals surface area contributed by atoms with Crippen molar-refractivity contribution in [2.75, 3.05) is 19.6 Å². The fourth-order valence-electron chi connectivity index (χ4n) is 0.926. The van der Waals surface area contributed by atoms with Crippen LogP contribution in [-0.2, 0) is 9.59 Å². The molecule has 0 aromatic rings. The first-order valence-corrected chi connectivity index (χ1v) is 3.39. The molecular weight excluding hydrogens is 144 g/mol. The van der Waals surface area contributed by atoms with Crippen LogP contribution < -0.4 is 5.32 Å². The molecule has 0 spiro atoms. The predicted octanol–water partition coefficient (Wildman–Crippen LogP) is -0.869. The number of nitrogens with zero attached hydrogens (tertiary/aromatic N) is 1. The van der Waals surface area contributed by atoms with Crippen molar-refractivity contribution in [2.45, 2.75) is 0 Å². The zero-order valence-corrected chi connectivity index (χ0v) is 6.17. The summed E-state index contributed by atoms with van der Waals surface area (Å²) in [6, 6.07) is 0. The average molecular weight is 154 g/mol. The van der Waals surface area contributed by atoms with Crippen LogP contribution in [-0.4, -0.2) is 36.3 Å². The normalized spacial score (nSPS) is 18.0. The highest BCUT2D eigenvalue weighted by molar-refractivity contribution is 5.92. The standard InChI is InChI=1S/C7H10N2O2/c1-2-3-9-5-6(10)8-4-7(9)11/h2H,1,3-5H2,(H,8,10). The van der Waals surface area contributed by atoms with E-state index in [2.05, 4.69) is 11.9 Å². The first-order valence-electron chi connectivity index (χ1n) is 3.39. The number of hydrogen-bond donors (Lipinski definition) is 1. The van der Waals surface area contributed by atoms with Crippen LogP contribution in [0.5, 0.6) is 0 Å². The van der Waals surface area contributed by atoms with Gasteiger partial charge in [0.1, 0.15) is 0 Å². The molecule has 1 N–H and O–H groups in total. The molecule has 0 unspecified atom stereocenters. The molecule has 4 heteroatoms. The molecular formula is C7H10N2O2. The Morgan fingerprint density at radius 2 is 2.36 bits per heavy atom. The Bertz CT molecular complexity index is 201. The van der Waals surface area contributed by atoms with E-state index < -0.39 is 0 Å². The number of nitrogens with one attached hydrogen (secondary N) is 1. The number of piperazine rings is 1. The summed E-state index contributed by atoms with van der Waals surface area (Å²) in [7, 11) is 0. The molecule has 0 aromatic heterocycles. The van der Waals surface area contributed by atoms with Crippen molar-refractivity contribution in [3.05, 3.63) is 12.7 Å². The number of carbonyl (C=O) groups excluding carboxylic acids is 2. The molecule has 0 atom stereocenters. The molecule has 60 valence electrons. The maximum absolute atomic E-state index is 11.0. The van der Waals surface area contributed by atoms with Crippen LogP contribution in [0.3, 0.4) is 0 Å². The lowest BCUT2D eigenvalue weighted by Gasteiger charge is -2.24. The van der Waals surface area contributed by atoms with Gasteiger partial charge in [-0.25, -0.2) is 0 Å². The molecule has 0 aliphatic carbocycles. The highest BCUT2D eigenvalue weighted by Gasteiger charge is 2.21. The Balaban J connectivity index is 2.53. The van der Waals surface area contributed by atoms with Crippen LogP contribution in [0.1, 0.15) is 0 Å². The summed E-state index contributed by atoms with van der Waals surface area (Å²) in [6.07, 6.45) is 1.61. The van der Waals surface area contributed by atoms with E-state index >= 15 is 0 Å². The van der Waals surface area contributed by atoms with Gasteiger partial charge >= 0.3 is 0 Å². The Kier molecular flexibility index (Phi) is 2.25. The molecule has 2 amide bonds. The van der Waals surface area contributed by atoms with E-state index in [9.17, 15) is 9.59 Å². The predicted molar refractivity (Wildman–Crippen MR) is 39.8 cm³/mol. The van der Waals surface area contributed by atoms with Gasteiger partial charge in [0.2, 0.25) is 11.8 Å². The second kappa shape index (κ2) is 3.18. The van der Waals surface area contributed by atoms with Gasteiger partial charge in [-0.3, -0.25) is 9.59 Å². The van der Waals surface area contributed by atoms with E-state index in [-0.39, 0.29) is 24.9 Å². The first-order chi connectivity index (χ1) is 5.24. The van der Waals surface area contributed by atoms with Gasteiger partial charge in [-0.1, -0.05) is 6.08 Å². The molecule has 0 saturated carbocycles. The third-order valence-corrected chi connectivity index (χ3v) is 1.47. The van der Waals surface area contributed by atoms with Gasteiger partial charge in [0, 0.05) is 6.54 Å². The summed E-state index contributed by atoms with van der Waals surface area (Å²) in [5.41, 5.74) is 0. The van der Waals surface area contributed by atoms with Crippen molar-refractivity contribution < 1.29 is 9.59 Å². The van der Waals surface area contributed by atoms with Crippen LogP contribution in [0.2, 0.25) is 0 Å². The third-order valence-electron chi connectivity index (χ3n) is 1.47. The third kappa shape index (κ3) is 1.80. The lowest BCUT2D eigenvalue weighted by atomic mass is 10.3. The highest BCUT2D eigenvalue weighted by atomic mass is 16.2. The largest absolute Gasteiger partial charge is 0.345 e. The van der Waals surface area contributed by atoms with E-state index in [4.69, 9.17) is 0 Å². The van der Waals surface area contributed by atoms with Crippen molar-refractivity contribution in [3.8, 4) is 0 Å². The number of rotatable bonds is 2. The molecule has 1 rings (SSSR count). The molecule has 4 nitrogen and oxygen atoms in total. The first kappa shape index (κ1) is 7.78. The van der Waals surface area contributed by atoms with Crippen LogP contribution in [0, 0.1) is 0 Å². The monoisotopic (exact) mass is 154 g/mol. The molecule has 1 aliphatic heterocycles. The summed E-state index contributed by atoms with van der Waals surface area (Å²) in [6.45, 7) is 4.21. The second-order valence-electron chi connectivity index (χ2n) is 2.34. The fourth-order valence-corrected chi connectivity index (χ4v) is 0.926. The van der Waals surface area contributed by atoms with E-state index in [1.165, 1.54) is 4.90 Å². The SMILES string of the molecule is C=CCN1CC(=O)NCC1=O. The van der Waals surface area contributed by atoms with E-state index in [1.54, 1.807) is 6.08 Å². The Morgan fingerprint density at radius 1 is 1.64 bits per heavy atom. The number of carbonyl (C=O) groups is 2. The van der Waals surface area contributed by atoms with Crippen LogP contribution in [0.4, 0.5) is 0 Å². The number of hydrogen-bond acceptors (Lipinski definition) is 2. The van der Waals surface area contributed by atoms with Crippen molar-refractivity contribution >= 4 is 11.8 Å². The minimum absolute atomic E-state index is 0.0514. The van der Waals surface area contributed by atoms with Crippen molar-refractivity contribution in [2.24, 2.45) is 0 Å².